The summed E-state index contributed by atoms with van der Waals surface area (Å²) in [6.45, 7) is 2.73. The van der Waals surface area contributed by atoms with Crippen molar-refractivity contribution in [1.29, 1.82) is 0 Å². The van der Waals surface area contributed by atoms with Gasteiger partial charge in [-0.25, -0.2) is 9.97 Å². The van der Waals surface area contributed by atoms with Gasteiger partial charge in [0.05, 0.1) is 11.6 Å². The number of nitrogens with one attached hydrogen (secondary N) is 1. The molecule has 0 aliphatic carbocycles. The number of pyridine rings is 1. The molecule has 2 N–H and O–H groups in total. The number of carbonyl (C=O) groups excluding carboxylic acids is 3. The first-order valence-corrected chi connectivity index (χ1v) is 15.6. The Balaban J connectivity index is 0.00000134. The summed E-state index contributed by atoms with van der Waals surface area (Å²) < 4.78 is 9.84. The summed E-state index contributed by atoms with van der Waals surface area (Å²) in [6, 6.07) is 10.8. The van der Waals surface area contributed by atoms with E-state index in [0.717, 1.165) is 17.1 Å². The number of carbonyl (C=O) groups is 4. The highest BCUT2D eigenvalue weighted by Gasteiger charge is 2.30. The molecule has 242 valence electrons. The molecule has 0 unspecified atom stereocenters. The fourth-order valence-electron chi connectivity index (χ4n) is 5.65. The average molecular weight is 650 g/mol. The van der Waals surface area contributed by atoms with Crippen molar-refractivity contribution in [2.45, 2.75) is 44.7 Å². The van der Waals surface area contributed by atoms with Crippen molar-refractivity contribution >= 4 is 41.4 Å². The Hall–Kier alpha value is -4.91. The van der Waals surface area contributed by atoms with Crippen LogP contribution in [0.25, 0.3) is 17.0 Å². The van der Waals surface area contributed by atoms with Crippen LogP contribution in [0.3, 0.4) is 0 Å². The molecule has 0 saturated carbocycles. The van der Waals surface area contributed by atoms with Crippen molar-refractivity contribution in [1.82, 2.24) is 34.1 Å². The van der Waals surface area contributed by atoms with Gasteiger partial charge in [0.25, 0.3) is 12.4 Å². The van der Waals surface area contributed by atoms with Crippen molar-refractivity contribution in [3.8, 4) is 17.1 Å². The molecule has 2 bridgehead atoms. The number of ether oxygens (including phenoxy) is 1. The Morgan fingerprint density at radius 2 is 1.80 bits per heavy atom. The third-order valence-electron chi connectivity index (χ3n) is 7.89. The number of fused-ring (bicyclic) bond motifs is 5. The van der Waals surface area contributed by atoms with Gasteiger partial charge >= 0.3 is 0 Å². The number of carboxylic acid groups (broad SMARTS) is 1. The molecule has 4 aromatic rings. The zero-order chi connectivity index (χ0) is 32.5. The van der Waals surface area contributed by atoms with E-state index < -0.39 is 6.04 Å². The summed E-state index contributed by atoms with van der Waals surface area (Å²) in [5.74, 6) is 1.19. The Morgan fingerprint density at radius 3 is 2.59 bits per heavy atom. The topological polar surface area (TPSA) is 151 Å². The number of amides is 3. The molecule has 3 aromatic heterocycles. The molecule has 1 atom stereocenters. The molecule has 2 aliphatic heterocycles. The minimum absolute atomic E-state index is 0.0625. The van der Waals surface area contributed by atoms with Crippen molar-refractivity contribution in [3.05, 3.63) is 71.9 Å². The van der Waals surface area contributed by atoms with Crippen LogP contribution in [0, 0.1) is 0 Å². The number of aromatic nitrogens is 4. The van der Waals surface area contributed by atoms with Crippen LogP contribution >= 0.6 is 11.6 Å². The molecule has 2 aliphatic rings. The van der Waals surface area contributed by atoms with Gasteiger partial charge < -0.3 is 33.9 Å². The van der Waals surface area contributed by atoms with Crippen LogP contribution in [0.15, 0.2) is 61.2 Å². The van der Waals surface area contributed by atoms with E-state index >= 15 is 0 Å². The predicted molar refractivity (Wildman–Crippen MR) is 170 cm³/mol. The second kappa shape index (κ2) is 15.4. The number of benzene rings is 1. The Labute approximate surface area is 270 Å². The molecule has 46 heavy (non-hydrogen) atoms. The lowest BCUT2D eigenvalue weighted by atomic mass is 10.1. The maximum Gasteiger partial charge on any atom is 0.290 e. The highest BCUT2D eigenvalue weighted by molar-refractivity contribution is 6.30. The average Bonchev–Trinajstić information content (AvgIpc) is 3.81. The minimum atomic E-state index is -0.483. The molecule has 13 nitrogen and oxygen atoms in total. The smallest absolute Gasteiger partial charge is 0.290 e. The molecule has 0 spiro atoms. The maximum atomic E-state index is 13.8. The van der Waals surface area contributed by atoms with E-state index in [-0.39, 0.29) is 24.2 Å². The Bertz CT molecular complexity index is 1690. The Morgan fingerprint density at radius 1 is 1.02 bits per heavy atom. The van der Waals surface area contributed by atoms with Gasteiger partial charge in [0.2, 0.25) is 11.8 Å². The summed E-state index contributed by atoms with van der Waals surface area (Å²) in [6.07, 6.45) is 10.0. The van der Waals surface area contributed by atoms with E-state index in [1.54, 1.807) is 35.1 Å². The van der Waals surface area contributed by atoms with Gasteiger partial charge in [-0.1, -0.05) is 23.7 Å². The van der Waals surface area contributed by atoms with Gasteiger partial charge in [-0.2, -0.15) is 0 Å². The third-order valence-corrected chi connectivity index (χ3v) is 8.12. The zero-order valence-corrected chi connectivity index (χ0v) is 26.0. The van der Waals surface area contributed by atoms with Gasteiger partial charge in [-0.15, -0.1) is 0 Å². The minimum Gasteiger partial charge on any atom is -0.494 e. The van der Waals surface area contributed by atoms with Crippen molar-refractivity contribution in [2.75, 3.05) is 32.8 Å². The number of nitrogens with zero attached hydrogens (tertiary/aromatic N) is 6. The summed E-state index contributed by atoms with van der Waals surface area (Å²) in [5.41, 5.74) is 1.90. The zero-order valence-electron chi connectivity index (χ0n) is 25.3. The highest BCUT2D eigenvalue weighted by Crippen LogP contribution is 2.23. The van der Waals surface area contributed by atoms with E-state index in [2.05, 4.69) is 15.3 Å². The standard InChI is InChI=1S/C31H34ClN7O4.CH2O2/c32-23-7-9-27-34-26(21-39(27)20-23)31(42)38-13-2-1-12-37(30(41)25-8-10-28(40)35-25)14-4-18-43-24-6-3-5-22(19-24)29-33-11-15-36(29)16-17-38;2-1-3/h3,5-7,9,11,15,19-21,25H,1-2,4,8,10,12-14,16-18H2,(H,35,40);1H,(H,2,3)/t25-;/m0./s1. The highest BCUT2D eigenvalue weighted by atomic mass is 35.5. The van der Waals surface area contributed by atoms with Crippen LogP contribution in [0.4, 0.5) is 0 Å². The lowest BCUT2D eigenvalue weighted by Crippen LogP contribution is -2.45. The van der Waals surface area contributed by atoms with Crippen LogP contribution in [-0.4, -0.2) is 96.9 Å². The second-order valence-corrected chi connectivity index (χ2v) is 11.4. The fraction of sp³-hybridized carbons (Fsp3) is 0.375. The van der Waals surface area contributed by atoms with Gasteiger partial charge in [-0.05, 0) is 49.9 Å². The number of halogens is 1. The first kappa shape index (κ1) is 32.5. The Kier molecular flexibility index (Phi) is 10.9. The quantitative estimate of drug-likeness (QED) is 0.314. The number of hydrogen-bond donors (Lipinski definition) is 2. The largest absolute Gasteiger partial charge is 0.494 e. The van der Waals surface area contributed by atoms with Gasteiger partial charge in [-0.3, -0.25) is 19.2 Å². The summed E-state index contributed by atoms with van der Waals surface area (Å²) >= 11 is 6.15. The van der Waals surface area contributed by atoms with Gasteiger partial charge in [0.1, 0.15) is 29.0 Å². The first-order chi connectivity index (χ1) is 22.4. The van der Waals surface area contributed by atoms with Crippen LogP contribution < -0.4 is 10.1 Å². The monoisotopic (exact) mass is 649 g/mol. The summed E-state index contributed by atoms with van der Waals surface area (Å²) in [5, 5.41) is 10.3. The number of imidazole rings is 2. The maximum absolute atomic E-state index is 13.8. The van der Waals surface area contributed by atoms with Gasteiger partial charge in [0.15, 0.2) is 0 Å². The SMILES string of the molecule is O=C1CC[C@@H](C(=O)N2CCCCN(C(=O)c3cn4cc(Cl)ccc4n3)CCn3ccnc3-c3cccc(c3)OCCC2)N1.O=CO. The molecular formula is C32H36ClN7O6. The van der Waals surface area contributed by atoms with Crippen LogP contribution in [0.1, 0.15) is 42.6 Å². The third kappa shape index (κ3) is 8.02. The molecule has 1 fully saturated rings. The van der Waals surface area contributed by atoms with Crippen LogP contribution in [0.5, 0.6) is 5.75 Å². The number of rotatable bonds is 2. The van der Waals surface area contributed by atoms with Gasteiger partial charge in [0, 0.05) is 69.5 Å². The molecule has 6 rings (SSSR count). The second-order valence-electron chi connectivity index (χ2n) is 11.0. The normalized spacial score (nSPS) is 17.6. The molecule has 5 heterocycles. The lowest BCUT2D eigenvalue weighted by molar-refractivity contribution is -0.134. The molecule has 1 aromatic carbocycles. The van der Waals surface area contributed by atoms with Crippen molar-refractivity contribution < 1.29 is 29.0 Å². The van der Waals surface area contributed by atoms with E-state index in [0.29, 0.717) is 87.8 Å². The molecule has 3 amide bonds. The molecular weight excluding hydrogens is 614 g/mol. The van der Waals surface area contributed by atoms with E-state index in [1.807, 2.05) is 44.8 Å². The summed E-state index contributed by atoms with van der Waals surface area (Å²) in [4.78, 5) is 60.0. The molecule has 1 saturated heterocycles. The summed E-state index contributed by atoms with van der Waals surface area (Å²) in [7, 11) is 0. The van der Waals surface area contributed by atoms with Crippen molar-refractivity contribution in [3.63, 3.8) is 0 Å². The number of hydrogen-bond acceptors (Lipinski definition) is 7. The van der Waals surface area contributed by atoms with Crippen LogP contribution in [0.2, 0.25) is 5.02 Å². The van der Waals surface area contributed by atoms with E-state index in [9.17, 15) is 14.4 Å². The predicted octanol–water partition coefficient (Wildman–Crippen LogP) is 3.36. The fourth-order valence-corrected chi connectivity index (χ4v) is 5.82. The lowest BCUT2D eigenvalue weighted by Gasteiger charge is -2.27. The van der Waals surface area contributed by atoms with Crippen LogP contribution in [-0.2, 0) is 20.9 Å². The first-order valence-electron chi connectivity index (χ1n) is 15.2. The van der Waals surface area contributed by atoms with E-state index in [4.69, 9.17) is 26.2 Å². The molecule has 0 radical (unpaired) electrons. The molecule has 14 heteroatoms. The van der Waals surface area contributed by atoms with E-state index in [1.165, 1.54) is 0 Å². The van der Waals surface area contributed by atoms with Crippen molar-refractivity contribution in [2.24, 2.45) is 0 Å².